The van der Waals surface area contributed by atoms with E-state index < -0.39 is 0 Å². The molecular weight excluding hydrogens is 308 g/mol. The van der Waals surface area contributed by atoms with Gasteiger partial charge in [0.2, 0.25) is 5.91 Å². The van der Waals surface area contributed by atoms with Crippen LogP contribution in [0.15, 0.2) is 29.6 Å². The van der Waals surface area contributed by atoms with Crippen LogP contribution < -0.4 is 5.32 Å². The molecule has 0 spiro atoms. The quantitative estimate of drug-likeness (QED) is 0.874. The molecule has 2 aromatic rings. The largest absolute Gasteiger partial charge is 0.352 e. The minimum absolute atomic E-state index is 0.0913. The maximum atomic E-state index is 12.5. The van der Waals surface area contributed by atoms with Gasteiger partial charge in [0, 0.05) is 12.2 Å². The number of fused-ring (bicyclic) bond motifs is 1. The van der Waals surface area contributed by atoms with Crippen molar-refractivity contribution in [3.63, 3.8) is 0 Å². The number of thioether (sulfide) groups is 1. The van der Waals surface area contributed by atoms with Crippen LogP contribution in [0.4, 0.5) is 0 Å². The molecule has 4 atom stereocenters. The Kier molecular flexibility index (Phi) is 4.90. The van der Waals surface area contributed by atoms with Crippen LogP contribution in [0.2, 0.25) is 0 Å². The highest BCUT2D eigenvalue weighted by molar-refractivity contribution is 8.00. The van der Waals surface area contributed by atoms with E-state index in [1.165, 1.54) is 24.6 Å². The second-order valence-electron chi connectivity index (χ2n) is 6.55. The monoisotopic (exact) mass is 332 g/mol. The Labute approximate surface area is 141 Å². The summed E-state index contributed by atoms with van der Waals surface area (Å²) >= 11 is 1.46. The Hall–Kier alpha value is -1.56. The third-order valence-corrected chi connectivity index (χ3v) is 6.03. The maximum Gasteiger partial charge on any atom is 0.233 e. The first kappa shape index (κ1) is 16.3. The molecule has 6 heteroatoms. The normalized spacial score (nSPS) is 26.1. The van der Waals surface area contributed by atoms with E-state index in [4.69, 9.17) is 0 Å². The number of rotatable bonds is 4. The molecule has 2 aromatic heterocycles. The molecule has 124 valence electrons. The lowest BCUT2D eigenvalue weighted by molar-refractivity contribution is -0.121. The van der Waals surface area contributed by atoms with Crippen LogP contribution in [0, 0.1) is 11.8 Å². The van der Waals surface area contributed by atoms with E-state index in [-0.39, 0.29) is 11.2 Å². The summed E-state index contributed by atoms with van der Waals surface area (Å²) in [6, 6.07) is 6.08. The van der Waals surface area contributed by atoms with Gasteiger partial charge in [0.1, 0.15) is 0 Å². The highest BCUT2D eigenvalue weighted by atomic mass is 32.2. The average Bonchev–Trinajstić information content (AvgIpc) is 2.95. The standard InChI is InChI=1S/C17H24N4OS/c1-11-7-6-8-14(12(11)2)18-16(22)13(3)23-17-20-19-15-9-4-5-10-21(15)17/h4-5,9-14H,6-8H2,1-3H3,(H,18,22)/t11-,12-,13-,14+/m1/s1. The zero-order valence-corrected chi connectivity index (χ0v) is 14.7. The fourth-order valence-electron chi connectivity index (χ4n) is 3.20. The van der Waals surface area contributed by atoms with Crippen molar-refractivity contribution in [1.29, 1.82) is 0 Å². The highest BCUT2D eigenvalue weighted by Crippen LogP contribution is 2.30. The molecule has 0 radical (unpaired) electrons. The molecule has 5 nitrogen and oxygen atoms in total. The minimum Gasteiger partial charge on any atom is -0.352 e. The van der Waals surface area contributed by atoms with E-state index in [1.807, 2.05) is 35.7 Å². The number of pyridine rings is 1. The Morgan fingerprint density at radius 1 is 1.35 bits per heavy atom. The molecule has 3 rings (SSSR count). The summed E-state index contributed by atoms with van der Waals surface area (Å²) < 4.78 is 1.92. The number of carbonyl (C=O) groups excluding carboxylic acids is 1. The molecule has 2 heterocycles. The molecule has 0 bridgehead atoms. The van der Waals surface area contributed by atoms with Gasteiger partial charge in [-0.2, -0.15) is 0 Å². The predicted octanol–water partition coefficient (Wildman–Crippen LogP) is 3.15. The predicted molar refractivity (Wildman–Crippen MR) is 92.4 cm³/mol. The molecule has 1 aliphatic carbocycles. The number of nitrogens with zero attached hydrogens (tertiary/aromatic N) is 3. The smallest absolute Gasteiger partial charge is 0.233 e. The highest BCUT2D eigenvalue weighted by Gasteiger charge is 2.29. The van der Waals surface area contributed by atoms with E-state index in [2.05, 4.69) is 29.4 Å². The third kappa shape index (κ3) is 3.52. The van der Waals surface area contributed by atoms with Gasteiger partial charge in [-0.1, -0.05) is 44.5 Å². The Balaban J connectivity index is 1.63. The summed E-state index contributed by atoms with van der Waals surface area (Å²) in [6.07, 6.45) is 5.48. The van der Waals surface area contributed by atoms with Crippen molar-refractivity contribution in [1.82, 2.24) is 19.9 Å². The number of nitrogens with one attached hydrogen (secondary N) is 1. The Bertz CT molecular complexity index is 686. The lowest BCUT2D eigenvalue weighted by Gasteiger charge is -2.35. The zero-order chi connectivity index (χ0) is 16.4. The van der Waals surface area contributed by atoms with Gasteiger partial charge in [-0.15, -0.1) is 10.2 Å². The van der Waals surface area contributed by atoms with E-state index >= 15 is 0 Å². The summed E-state index contributed by atoms with van der Waals surface area (Å²) in [7, 11) is 0. The maximum absolute atomic E-state index is 12.5. The zero-order valence-electron chi connectivity index (χ0n) is 13.9. The molecule has 0 saturated heterocycles. The molecular formula is C17H24N4OS. The van der Waals surface area contributed by atoms with Gasteiger partial charge >= 0.3 is 0 Å². The topological polar surface area (TPSA) is 59.3 Å². The lowest BCUT2D eigenvalue weighted by Crippen LogP contribution is -2.46. The van der Waals surface area contributed by atoms with Gasteiger partial charge in [-0.25, -0.2) is 0 Å². The van der Waals surface area contributed by atoms with E-state index in [1.54, 1.807) is 0 Å². The fourth-order valence-corrected chi connectivity index (χ4v) is 4.04. The second kappa shape index (κ2) is 6.91. The van der Waals surface area contributed by atoms with Crippen molar-refractivity contribution in [3.05, 3.63) is 24.4 Å². The summed E-state index contributed by atoms with van der Waals surface area (Å²) in [5.41, 5.74) is 0.803. The number of hydrogen-bond donors (Lipinski definition) is 1. The summed E-state index contributed by atoms with van der Waals surface area (Å²) in [4.78, 5) is 12.5. The van der Waals surface area contributed by atoms with E-state index in [0.717, 1.165) is 17.2 Å². The van der Waals surface area contributed by atoms with Gasteiger partial charge in [0.25, 0.3) is 0 Å². The van der Waals surface area contributed by atoms with Crippen molar-refractivity contribution >= 4 is 23.3 Å². The van der Waals surface area contributed by atoms with Gasteiger partial charge < -0.3 is 5.32 Å². The van der Waals surface area contributed by atoms with Crippen molar-refractivity contribution in [2.75, 3.05) is 0 Å². The van der Waals surface area contributed by atoms with Gasteiger partial charge in [0.15, 0.2) is 10.8 Å². The summed E-state index contributed by atoms with van der Waals surface area (Å²) in [6.45, 7) is 6.46. The van der Waals surface area contributed by atoms with Crippen molar-refractivity contribution in [2.45, 2.75) is 56.5 Å². The number of carbonyl (C=O) groups is 1. The summed E-state index contributed by atoms with van der Waals surface area (Å²) in [5, 5.41) is 12.1. The molecule has 0 aromatic carbocycles. The molecule has 1 aliphatic rings. The molecule has 1 N–H and O–H groups in total. The molecule has 0 unspecified atom stereocenters. The molecule has 1 fully saturated rings. The Morgan fingerprint density at radius 3 is 3.00 bits per heavy atom. The first-order valence-electron chi connectivity index (χ1n) is 8.33. The van der Waals surface area contributed by atoms with Crippen LogP contribution >= 0.6 is 11.8 Å². The fraction of sp³-hybridized carbons (Fsp3) is 0.588. The van der Waals surface area contributed by atoms with E-state index in [0.29, 0.717) is 17.9 Å². The van der Waals surface area contributed by atoms with Gasteiger partial charge in [-0.3, -0.25) is 9.20 Å². The average molecular weight is 332 g/mol. The van der Waals surface area contributed by atoms with Crippen molar-refractivity contribution in [3.8, 4) is 0 Å². The van der Waals surface area contributed by atoms with Crippen molar-refractivity contribution in [2.24, 2.45) is 11.8 Å². The van der Waals surface area contributed by atoms with Crippen LogP contribution in [0.1, 0.15) is 40.0 Å². The van der Waals surface area contributed by atoms with E-state index in [9.17, 15) is 4.79 Å². The lowest BCUT2D eigenvalue weighted by atomic mass is 9.78. The van der Waals surface area contributed by atoms with Crippen LogP contribution in [-0.4, -0.2) is 31.8 Å². The van der Waals surface area contributed by atoms with Crippen LogP contribution in [0.5, 0.6) is 0 Å². The van der Waals surface area contributed by atoms with Gasteiger partial charge in [-0.05, 0) is 37.3 Å². The molecule has 1 amide bonds. The number of hydrogen-bond acceptors (Lipinski definition) is 4. The SMILES string of the molecule is C[C@@H]1[C@H](C)CCC[C@@H]1NC(=O)[C@@H](C)Sc1nnc2ccccn12. The second-order valence-corrected chi connectivity index (χ2v) is 7.86. The summed E-state index contributed by atoms with van der Waals surface area (Å²) in [5.74, 6) is 1.31. The van der Waals surface area contributed by atoms with Gasteiger partial charge in [0.05, 0.1) is 5.25 Å². The number of aromatic nitrogens is 3. The first-order valence-corrected chi connectivity index (χ1v) is 9.21. The Morgan fingerprint density at radius 2 is 2.17 bits per heavy atom. The minimum atomic E-state index is -0.188. The van der Waals surface area contributed by atoms with Crippen molar-refractivity contribution < 1.29 is 4.79 Å². The first-order chi connectivity index (χ1) is 11.1. The third-order valence-electron chi connectivity index (χ3n) is 4.97. The van der Waals surface area contributed by atoms with Crippen LogP contribution in [0.3, 0.4) is 0 Å². The molecule has 23 heavy (non-hydrogen) atoms. The van der Waals surface area contributed by atoms with Crippen LogP contribution in [0.25, 0.3) is 5.65 Å². The molecule has 1 saturated carbocycles. The molecule has 0 aliphatic heterocycles. The van der Waals surface area contributed by atoms with Crippen LogP contribution in [-0.2, 0) is 4.79 Å². The number of amides is 1.